The number of carboxylic acids is 2. The van der Waals surface area contributed by atoms with E-state index in [1.165, 1.54) is 79.8 Å². The first-order chi connectivity index (χ1) is 18.3. The highest BCUT2D eigenvalue weighted by Gasteiger charge is 2.20. The molecule has 2 aromatic rings. The maximum Gasteiger partial charge on any atom is 0.317 e. The minimum absolute atomic E-state index is 0.157. The second-order valence-electron chi connectivity index (χ2n) is 9.48. The summed E-state index contributed by atoms with van der Waals surface area (Å²) in [6.45, 7) is 4.06. The minimum Gasteiger partial charge on any atom is -0.480 e. The first kappa shape index (κ1) is 32.4. The topological polar surface area (TPSA) is 117 Å². The van der Waals surface area contributed by atoms with Crippen LogP contribution in [0, 0.1) is 0 Å². The molecule has 0 aliphatic carbocycles. The van der Waals surface area contributed by atoms with Crippen molar-refractivity contribution in [3.8, 4) is 0 Å². The Morgan fingerprint density at radius 1 is 0.921 bits per heavy atom. The average molecular weight is 583 g/mol. The van der Waals surface area contributed by atoms with E-state index >= 15 is 0 Å². The molecule has 0 aliphatic heterocycles. The number of benzene rings is 1. The van der Waals surface area contributed by atoms with E-state index in [4.69, 9.17) is 0 Å². The Morgan fingerprint density at radius 3 is 2.16 bits per heavy atom. The number of amides is 1. The zero-order valence-electron chi connectivity index (χ0n) is 22.6. The molecule has 2 atom stereocenters. The van der Waals surface area contributed by atoms with Crippen molar-refractivity contribution < 1.29 is 24.6 Å². The minimum atomic E-state index is -0.851. The van der Waals surface area contributed by atoms with Crippen molar-refractivity contribution in [2.24, 2.45) is 0 Å². The van der Waals surface area contributed by atoms with Gasteiger partial charge in [-0.15, -0.1) is 23.1 Å². The van der Waals surface area contributed by atoms with Crippen LogP contribution in [0.3, 0.4) is 0 Å². The summed E-state index contributed by atoms with van der Waals surface area (Å²) in [6.07, 6.45) is 13.6. The summed E-state index contributed by atoms with van der Waals surface area (Å²) in [5.74, 6) is -1.35. The third-order valence-corrected chi connectivity index (χ3v) is 10.0. The lowest BCUT2D eigenvalue weighted by atomic mass is 10.1. The average Bonchev–Trinajstić information content (AvgIpc) is 3.28. The molecule has 0 fully saturated rings. The zero-order valence-corrected chi connectivity index (χ0v) is 25.0. The predicted octanol–water partition coefficient (Wildman–Crippen LogP) is 8.08. The van der Waals surface area contributed by atoms with Crippen LogP contribution in [0.1, 0.15) is 97.3 Å². The molecule has 38 heavy (non-hydrogen) atoms. The maximum atomic E-state index is 12.5. The number of rotatable bonds is 21. The molecule has 0 radical (unpaired) electrons. The van der Waals surface area contributed by atoms with E-state index in [1.807, 2.05) is 19.1 Å². The summed E-state index contributed by atoms with van der Waals surface area (Å²) < 4.78 is 1.57. The molecule has 0 aliphatic rings. The number of hydrogen-bond acceptors (Lipinski definition) is 7. The van der Waals surface area contributed by atoms with Crippen molar-refractivity contribution in [2.45, 2.75) is 112 Å². The number of anilines is 1. The molecule has 3 N–H and O–H groups in total. The Bertz CT molecular complexity index is 1010. The Kier molecular flexibility index (Phi) is 15.8. The first-order valence-corrected chi connectivity index (χ1v) is 16.5. The van der Waals surface area contributed by atoms with E-state index in [2.05, 4.69) is 17.2 Å². The normalized spacial score (nSPS) is 12.9. The first-order valence-electron chi connectivity index (χ1n) is 13.8. The second kappa shape index (κ2) is 18.5. The predicted molar refractivity (Wildman–Crippen MR) is 161 cm³/mol. The number of thiazole rings is 1. The van der Waals surface area contributed by atoms with Gasteiger partial charge in [0.05, 0.1) is 10.2 Å². The fraction of sp³-hybridized carbons (Fsp3) is 0.643. The van der Waals surface area contributed by atoms with Crippen molar-refractivity contribution in [3.05, 3.63) is 18.2 Å². The molecule has 0 bridgehead atoms. The second-order valence-corrected chi connectivity index (χ2v) is 13.3. The Hall–Kier alpha value is -1.78. The number of nitrogens with zero attached hydrogens (tertiary/aromatic N) is 1. The number of unbranched alkanes of at least 4 members (excludes halogenated alkanes) is 9. The van der Waals surface area contributed by atoms with Crippen LogP contribution in [0.15, 0.2) is 22.5 Å². The number of thioether (sulfide) groups is 2. The lowest BCUT2D eigenvalue weighted by Gasteiger charge is -2.12. The van der Waals surface area contributed by atoms with Gasteiger partial charge in [-0.2, -0.15) is 0 Å². The number of carbonyl (C=O) groups excluding carboxylic acids is 1. The fourth-order valence-corrected chi connectivity index (χ4v) is 7.35. The quantitative estimate of drug-likeness (QED) is 0.0999. The van der Waals surface area contributed by atoms with Crippen LogP contribution in [0.4, 0.5) is 5.69 Å². The van der Waals surface area contributed by atoms with Gasteiger partial charge in [-0.25, -0.2) is 4.98 Å². The van der Waals surface area contributed by atoms with Crippen LogP contribution in [0.25, 0.3) is 10.2 Å². The molecule has 0 spiro atoms. The highest BCUT2D eigenvalue weighted by molar-refractivity contribution is 8.02. The number of nitrogens with one attached hydrogen (secondary N) is 1. The highest BCUT2D eigenvalue weighted by Crippen LogP contribution is 2.34. The van der Waals surface area contributed by atoms with Crippen molar-refractivity contribution in [1.82, 2.24) is 4.98 Å². The van der Waals surface area contributed by atoms with Crippen LogP contribution in [-0.4, -0.2) is 49.3 Å². The number of aliphatic carboxylic acids is 2. The van der Waals surface area contributed by atoms with Gasteiger partial charge in [0, 0.05) is 17.9 Å². The summed E-state index contributed by atoms with van der Waals surface area (Å²) in [5.41, 5.74) is 1.42. The lowest BCUT2D eigenvalue weighted by molar-refractivity contribution is -0.137. The summed E-state index contributed by atoms with van der Waals surface area (Å²) in [4.78, 5) is 39.9. The molecule has 2 unspecified atom stereocenters. The van der Waals surface area contributed by atoms with Crippen molar-refractivity contribution in [2.75, 3.05) is 11.1 Å². The zero-order chi connectivity index (χ0) is 27.8. The lowest BCUT2D eigenvalue weighted by Crippen LogP contribution is -2.18. The molecule has 2 rings (SSSR count). The van der Waals surface area contributed by atoms with E-state index in [0.717, 1.165) is 29.5 Å². The van der Waals surface area contributed by atoms with E-state index in [1.54, 1.807) is 6.07 Å². The molecular weight excluding hydrogens is 541 g/mol. The number of aromatic nitrogens is 1. The van der Waals surface area contributed by atoms with Crippen LogP contribution >= 0.6 is 34.9 Å². The molecule has 1 aromatic heterocycles. The van der Waals surface area contributed by atoms with Crippen LogP contribution in [0.2, 0.25) is 0 Å². The molecular formula is C28H42N2O5S3. The van der Waals surface area contributed by atoms with Gasteiger partial charge in [0.25, 0.3) is 0 Å². The summed E-state index contributed by atoms with van der Waals surface area (Å²) in [6, 6.07) is 5.44. The van der Waals surface area contributed by atoms with Crippen LogP contribution in [0.5, 0.6) is 0 Å². The Morgan fingerprint density at radius 2 is 1.55 bits per heavy atom. The molecule has 10 heteroatoms. The smallest absolute Gasteiger partial charge is 0.317 e. The largest absolute Gasteiger partial charge is 0.480 e. The van der Waals surface area contributed by atoms with Crippen molar-refractivity contribution in [3.63, 3.8) is 0 Å². The monoisotopic (exact) mass is 582 g/mol. The van der Waals surface area contributed by atoms with Gasteiger partial charge in [-0.1, -0.05) is 89.8 Å². The summed E-state index contributed by atoms with van der Waals surface area (Å²) >= 11 is 4.00. The van der Waals surface area contributed by atoms with Gasteiger partial charge >= 0.3 is 11.9 Å². The van der Waals surface area contributed by atoms with Crippen molar-refractivity contribution >= 4 is 68.6 Å². The molecule has 212 valence electrons. The van der Waals surface area contributed by atoms with E-state index in [9.17, 15) is 24.6 Å². The van der Waals surface area contributed by atoms with Gasteiger partial charge in [0.1, 0.15) is 10.5 Å². The Labute approximate surface area is 239 Å². The molecule has 7 nitrogen and oxygen atoms in total. The van der Waals surface area contributed by atoms with Crippen LogP contribution < -0.4 is 5.32 Å². The summed E-state index contributed by atoms with van der Waals surface area (Å²) in [7, 11) is 0. The van der Waals surface area contributed by atoms with Gasteiger partial charge in [0.15, 0.2) is 4.34 Å². The number of fused-ring (bicyclic) bond motifs is 1. The highest BCUT2D eigenvalue weighted by atomic mass is 32.2. The number of carboxylic acid groups (broad SMARTS) is 2. The maximum absolute atomic E-state index is 12.5. The Balaban J connectivity index is 1.69. The third-order valence-electron chi connectivity index (χ3n) is 6.29. The molecule has 1 aromatic carbocycles. The number of carbonyl (C=O) groups is 3. The fourth-order valence-electron chi connectivity index (χ4n) is 4.07. The van der Waals surface area contributed by atoms with Crippen molar-refractivity contribution in [1.29, 1.82) is 0 Å². The van der Waals surface area contributed by atoms with E-state index in [0.29, 0.717) is 28.6 Å². The summed E-state index contributed by atoms with van der Waals surface area (Å²) in [5, 5.41) is 20.7. The molecule has 1 amide bonds. The van der Waals surface area contributed by atoms with Gasteiger partial charge in [-0.3, -0.25) is 14.4 Å². The van der Waals surface area contributed by atoms with Crippen LogP contribution in [-0.2, 0) is 14.4 Å². The number of hydrogen-bond donors (Lipinski definition) is 3. The molecule has 1 heterocycles. The van der Waals surface area contributed by atoms with Gasteiger partial charge < -0.3 is 15.5 Å². The van der Waals surface area contributed by atoms with E-state index in [-0.39, 0.29) is 12.3 Å². The molecule has 0 saturated carbocycles. The van der Waals surface area contributed by atoms with E-state index < -0.39 is 22.4 Å². The third kappa shape index (κ3) is 12.4. The van der Waals surface area contributed by atoms with Gasteiger partial charge in [0.2, 0.25) is 5.91 Å². The SMILES string of the molecule is CCCCCCCCCCCCC(SCCC(=O)Nc1ccc2nc(SC(CC)C(=O)O)sc2c1)C(=O)O. The van der Waals surface area contributed by atoms with Gasteiger partial charge in [-0.05, 0) is 31.0 Å². The molecule has 0 saturated heterocycles. The standard InChI is InChI=1S/C28H42N2O5S3/c1-3-5-6-7-8-9-10-11-12-13-14-23(27(34)35)36-18-17-25(31)29-20-15-16-21-24(19-20)38-28(30-21)37-22(4-2)26(32)33/h15-16,19,22-23H,3-14,17-18H2,1-2H3,(H,29,31)(H,32,33)(H,34,35).